The summed E-state index contributed by atoms with van der Waals surface area (Å²) in [7, 11) is 0. The number of nitriles is 1. The molecule has 0 saturated carbocycles. The molecule has 0 amide bonds. The van der Waals surface area contributed by atoms with Crippen molar-refractivity contribution in [3.8, 4) is 24.2 Å². The molecule has 0 radical (unpaired) electrons. The highest BCUT2D eigenvalue weighted by Crippen LogP contribution is 2.27. The van der Waals surface area contributed by atoms with Crippen molar-refractivity contribution in [2.45, 2.75) is 0 Å². The van der Waals surface area contributed by atoms with Gasteiger partial charge in [-0.05, 0) is 41.5 Å². The van der Waals surface area contributed by atoms with Crippen LogP contribution in [0.3, 0.4) is 0 Å². The molecule has 0 aromatic heterocycles. The number of terminal acetylenes is 1. The number of allylic oxidation sites excluding steroid dienone is 1. The minimum atomic E-state index is 0.199. The molecule has 0 saturated heterocycles. The monoisotopic (exact) mass is 327 g/mol. The van der Waals surface area contributed by atoms with Gasteiger partial charge in [0, 0.05) is 0 Å². The van der Waals surface area contributed by atoms with E-state index in [0.29, 0.717) is 26.9 Å². The lowest BCUT2D eigenvalue weighted by Gasteiger charge is -2.05. The molecule has 0 aliphatic heterocycles. The van der Waals surface area contributed by atoms with Gasteiger partial charge in [-0.15, -0.1) is 6.42 Å². The van der Waals surface area contributed by atoms with E-state index in [2.05, 4.69) is 12.0 Å². The zero-order valence-corrected chi connectivity index (χ0v) is 13.0. The molecule has 0 aliphatic carbocycles. The molecule has 0 bridgehead atoms. The molecule has 0 fully saturated rings. The lowest BCUT2D eigenvalue weighted by molar-refractivity contribution is 0.370. The van der Waals surface area contributed by atoms with Crippen LogP contribution in [-0.2, 0) is 0 Å². The Kier molecular flexibility index (Phi) is 5.50. The summed E-state index contributed by atoms with van der Waals surface area (Å²) in [5, 5.41) is 10.2. The van der Waals surface area contributed by atoms with Crippen LogP contribution >= 0.6 is 23.2 Å². The van der Waals surface area contributed by atoms with Crippen molar-refractivity contribution in [1.82, 2.24) is 0 Å². The molecular weight excluding hydrogens is 317 g/mol. The molecule has 2 nitrogen and oxygen atoms in total. The smallest absolute Gasteiger partial charge is 0.148 e. The Morgan fingerprint density at radius 2 is 2.00 bits per heavy atom. The van der Waals surface area contributed by atoms with E-state index in [-0.39, 0.29) is 6.61 Å². The Morgan fingerprint density at radius 3 is 2.68 bits per heavy atom. The second-order valence-electron chi connectivity index (χ2n) is 4.36. The third-order valence-electron chi connectivity index (χ3n) is 2.84. The van der Waals surface area contributed by atoms with Crippen LogP contribution in [0.25, 0.3) is 11.6 Å². The van der Waals surface area contributed by atoms with Gasteiger partial charge in [0.2, 0.25) is 0 Å². The number of rotatable bonds is 4. The molecule has 0 N–H and O–H groups in total. The van der Waals surface area contributed by atoms with Crippen LogP contribution in [0.15, 0.2) is 42.5 Å². The van der Waals surface area contributed by atoms with Crippen molar-refractivity contribution in [2.24, 2.45) is 0 Å². The van der Waals surface area contributed by atoms with Crippen LogP contribution in [0.5, 0.6) is 5.75 Å². The van der Waals surface area contributed by atoms with E-state index in [9.17, 15) is 5.26 Å². The summed E-state index contributed by atoms with van der Waals surface area (Å²) in [6, 6.07) is 14.6. The molecule has 4 heteroatoms. The minimum Gasteiger partial charge on any atom is -0.481 e. The highest BCUT2D eigenvalue weighted by molar-refractivity contribution is 6.42. The summed E-state index contributed by atoms with van der Waals surface area (Å²) in [4.78, 5) is 0. The van der Waals surface area contributed by atoms with Gasteiger partial charge in [-0.2, -0.15) is 5.26 Å². The maximum absolute atomic E-state index is 9.36. The Hall–Kier alpha value is -2.39. The third kappa shape index (κ3) is 4.06. The van der Waals surface area contributed by atoms with Gasteiger partial charge >= 0.3 is 0 Å². The highest BCUT2D eigenvalue weighted by atomic mass is 35.5. The number of nitrogens with zero attached hydrogens (tertiary/aromatic N) is 1. The number of hydrogen-bond donors (Lipinski definition) is 0. The van der Waals surface area contributed by atoms with Gasteiger partial charge in [0.1, 0.15) is 12.4 Å². The van der Waals surface area contributed by atoms with Crippen LogP contribution < -0.4 is 4.74 Å². The quantitative estimate of drug-likeness (QED) is 0.446. The molecule has 0 spiro atoms. The number of benzene rings is 2. The second kappa shape index (κ2) is 7.57. The summed E-state index contributed by atoms with van der Waals surface area (Å²) >= 11 is 11.9. The molecule has 108 valence electrons. The predicted molar refractivity (Wildman–Crippen MR) is 90.7 cm³/mol. The summed E-state index contributed by atoms with van der Waals surface area (Å²) in [5.74, 6) is 3.06. The van der Waals surface area contributed by atoms with Gasteiger partial charge < -0.3 is 4.74 Å². The maximum atomic E-state index is 9.36. The minimum absolute atomic E-state index is 0.199. The highest BCUT2D eigenvalue weighted by Gasteiger charge is 2.05. The fourth-order valence-electron chi connectivity index (χ4n) is 1.83. The van der Waals surface area contributed by atoms with E-state index >= 15 is 0 Å². The third-order valence-corrected chi connectivity index (χ3v) is 3.58. The Labute approximate surface area is 139 Å². The number of hydrogen-bond acceptors (Lipinski definition) is 2. The molecule has 0 aliphatic rings. The lowest BCUT2D eigenvalue weighted by atomic mass is 10.0. The second-order valence-corrected chi connectivity index (χ2v) is 5.18. The van der Waals surface area contributed by atoms with Crippen LogP contribution in [0.2, 0.25) is 10.0 Å². The van der Waals surface area contributed by atoms with Gasteiger partial charge in [-0.3, -0.25) is 0 Å². The Bertz CT molecular complexity index is 797. The van der Waals surface area contributed by atoms with Crippen LogP contribution in [0.1, 0.15) is 11.1 Å². The van der Waals surface area contributed by atoms with Crippen LogP contribution in [0, 0.1) is 23.7 Å². The molecule has 0 unspecified atom stereocenters. The maximum Gasteiger partial charge on any atom is 0.148 e. The molecule has 22 heavy (non-hydrogen) atoms. The number of halogens is 2. The van der Waals surface area contributed by atoms with Crippen molar-refractivity contribution in [3.63, 3.8) is 0 Å². The van der Waals surface area contributed by atoms with Gasteiger partial charge in [-0.1, -0.05) is 47.3 Å². The molecule has 0 atom stereocenters. The summed E-state index contributed by atoms with van der Waals surface area (Å²) < 4.78 is 5.36. The van der Waals surface area contributed by atoms with E-state index in [4.69, 9.17) is 34.4 Å². The first-order chi connectivity index (χ1) is 10.6. The van der Waals surface area contributed by atoms with Crippen molar-refractivity contribution < 1.29 is 4.74 Å². The lowest BCUT2D eigenvalue weighted by Crippen LogP contribution is -1.93. The Morgan fingerprint density at radius 1 is 1.18 bits per heavy atom. The fraction of sp³-hybridized carbons (Fsp3) is 0.0556. The van der Waals surface area contributed by atoms with E-state index in [1.807, 2.05) is 18.2 Å². The van der Waals surface area contributed by atoms with Crippen molar-refractivity contribution in [1.29, 1.82) is 5.26 Å². The SMILES string of the molecule is C#CCOc1cccc(/C=C(/C#N)c2ccc(Cl)c(Cl)c2)c1. The summed E-state index contributed by atoms with van der Waals surface area (Å²) in [5.41, 5.74) is 2.01. The average Bonchev–Trinajstić information content (AvgIpc) is 2.54. The first kappa shape index (κ1) is 16.0. The molecule has 2 aromatic carbocycles. The first-order valence-electron chi connectivity index (χ1n) is 6.37. The zero-order valence-electron chi connectivity index (χ0n) is 11.5. The Balaban J connectivity index is 2.35. The predicted octanol–water partition coefficient (Wildman–Crippen LogP) is 5.07. The topological polar surface area (TPSA) is 33.0 Å². The van der Waals surface area contributed by atoms with E-state index in [1.54, 1.807) is 30.3 Å². The van der Waals surface area contributed by atoms with Crippen molar-refractivity contribution in [3.05, 3.63) is 63.6 Å². The largest absolute Gasteiger partial charge is 0.481 e. The van der Waals surface area contributed by atoms with Crippen LogP contribution in [0.4, 0.5) is 0 Å². The van der Waals surface area contributed by atoms with Crippen molar-refractivity contribution >= 4 is 34.9 Å². The van der Waals surface area contributed by atoms with Gasteiger partial charge in [0.15, 0.2) is 0 Å². The van der Waals surface area contributed by atoms with Crippen LogP contribution in [-0.4, -0.2) is 6.61 Å². The molecule has 2 rings (SSSR count). The van der Waals surface area contributed by atoms with E-state index in [1.165, 1.54) is 0 Å². The van der Waals surface area contributed by atoms with Gasteiger partial charge in [0.05, 0.1) is 21.7 Å². The fourth-order valence-corrected chi connectivity index (χ4v) is 2.13. The average molecular weight is 328 g/mol. The molecule has 2 aromatic rings. The standard InChI is InChI=1S/C18H11Cl2NO/c1-2-8-22-16-5-3-4-13(10-16)9-15(12-21)14-6-7-17(19)18(20)11-14/h1,3-7,9-11H,8H2/b15-9-. The summed E-state index contributed by atoms with van der Waals surface area (Å²) in [6.45, 7) is 0.199. The molecule has 0 heterocycles. The van der Waals surface area contributed by atoms with Gasteiger partial charge in [0.25, 0.3) is 0 Å². The number of ether oxygens (including phenoxy) is 1. The van der Waals surface area contributed by atoms with Crippen molar-refractivity contribution in [2.75, 3.05) is 6.61 Å². The first-order valence-corrected chi connectivity index (χ1v) is 7.13. The normalized spacial score (nSPS) is 10.6. The zero-order chi connectivity index (χ0) is 15.9. The van der Waals surface area contributed by atoms with Gasteiger partial charge in [-0.25, -0.2) is 0 Å². The van der Waals surface area contributed by atoms with E-state index < -0.39 is 0 Å². The molecular formula is C18H11Cl2NO. The summed E-state index contributed by atoms with van der Waals surface area (Å²) in [6.07, 6.45) is 6.92. The van der Waals surface area contributed by atoms with E-state index in [0.717, 1.165) is 5.56 Å².